The zero-order valence-electron chi connectivity index (χ0n) is 18.6. The smallest absolute Gasteiger partial charge is 0.269 e. The number of rotatable bonds is 12. The largest absolute Gasteiger partial charge is 0.490 e. The Labute approximate surface area is 218 Å². The van der Waals surface area contributed by atoms with Crippen LogP contribution in [0.2, 0.25) is 5.02 Å². The van der Waals surface area contributed by atoms with Gasteiger partial charge in [-0.2, -0.15) is 0 Å². The van der Waals surface area contributed by atoms with E-state index in [1.165, 1.54) is 12.1 Å². The van der Waals surface area contributed by atoms with Crippen LogP contribution in [0.5, 0.6) is 11.5 Å². The summed E-state index contributed by atoms with van der Waals surface area (Å²) in [6.45, 7) is 4.91. The monoisotopic (exact) mass is 569 g/mol. The van der Waals surface area contributed by atoms with Crippen LogP contribution in [0, 0.1) is 10.1 Å². The second-order valence-corrected chi connectivity index (χ2v) is 8.45. The number of ether oxygens (including phenoxy) is 2. The molecule has 3 rings (SSSR count). The fraction of sp³-hybridized carbons (Fsp3) is 0.250. The Morgan fingerprint density at radius 1 is 1.00 bits per heavy atom. The van der Waals surface area contributed by atoms with E-state index in [9.17, 15) is 10.1 Å². The maximum Gasteiger partial charge on any atom is 0.269 e. The summed E-state index contributed by atoms with van der Waals surface area (Å²) in [6.07, 6.45) is 0. The third-order valence-corrected chi connectivity index (χ3v) is 5.54. The normalized spacial score (nSPS) is 10.3. The first-order valence-corrected chi connectivity index (χ1v) is 11.6. The first kappa shape index (κ1) is 27.7. The molecule has 0 saturated heterocycles. The summed E-state index contributed by atoms with van der Waals surface area (Å²) in [5.74, 6) is 1.34. The first-order valence-electron chi connectivity index (χ1n) is 10.5. The van der Waals surface area contributed by atoms with E-state index in [1.54, 1.807) is 12.1 Å². The third-order valence-electron chi connectivity index (χ3n) is 4.70. The van der Waals surface area contributed by atoms with Crippen molar-refractivity contribution in [3.8, 4) is 11.5 Å². The molecule has 0 aromatic heterocycles. The van der Waals surface area contributed by atoms with Crippen molar-refractivity contribution in [1.82, 2.24) is 5.32 Å². The number of nitrogens with zero attached hydrogens (tertiary/aromatic N) is 1. The molecule has 0 heterocycles. The van der Waals surface area contributed by atoms with Gasteiger partial charge in [-0.3, -0.25) is 10.1 Å². The standard InChI is InChI=1S/C24H25BrClN3O4.ClH/c1-2-32-23-14-18(13-22(25)24(23)33-16-17-3-5-19(26)6-4-17)15-27-11-12-28-20-7-9-21(10-8-20)29(30)31;/h3-10,13-14,27-28H,2,11-12,15-16H2,1H3;1H. The fourth-order valence-electron chi connectivity index (χ4n) is 3.09. The average Bonchev–Trinajstić information content (AvgIpc) is 2.80. The minimum absolute atomic E-state index is 0. The van der Waals surface area contributed by atoms with Crippen molar-refractivity contribution in [3.63, 3.8) is 0 Å². The molecule has 0 bridgehead atoms. The first-order chi connectivity index (χ1) is 16.0. The highest BCUT2D eigenvalue weighted by molar-refractivity contribution is 9.10. The number of hydrogen-bond donors (Lipinski definition) is 2. The SMILES string of the molecule is CCOc1cc(CNCCNc2ccc([N+](=O)[O-])cc2)cc(Br)c1OCc1ccc(Cl)cc1.Cl. The zero-order valence-corrected chi connectivity index (χ0v) is 21.7. The topological polar surface area (TPSA) is 85.7 Å². The van der Waals surface area contributed by atoms with Crippen molar-refractivity contribution in [2.75, 3.05) is 25.0 Å². The highest BCUT2D eigenvalue weighted by atomic mass is 79.9. The van der Waals surface area contributed by atoms with Crippen molar-refractivity contribution in [2.45, 2.75) is 20.1 Å². The number of benzene rings is 3. The maximum absolute atomic E-state index is 10.7. The molecular formula is C24H26BrCl2N3O4. The molecule has 0 atom stereocenters. The van der Waals surface area contributed by atoms with Gasteiger partial charge in [0, 0.05) is 42.5 Å². The van der Waals surface area contributed by atoms with Crippen molar-refractivity contribution >= 4 is 51.3 Å². The van der Waals surface area contributed by atoms with Gasteiger partial charge in [0.15, 0.2) is 11.5 Å². The lowest BCUT2D eigenvalue weighted by atomic mass is 10.2. The molecule has 0 aliphatic heterocycles. The Hall–Kier alpha value is -2.52. The van der Waals surface area contributed by atoms with Crippen LogP contribution in [0.4, 0.5) is 11.4 Å². The van der Waals surface area contributed by atoms with Crippen LogP contribution in [0.25, 0.3) is 0 Å². The van der Waals surface area contributed by atoms with E-state index in [2.05, 4.69) is 26.6 Å². The van der Waals surface area contributed by atoms with Crippen molar-refractivity contribution in [3.05, 3.63) is 91.4 Å². The molecule has 0 saturated carbocycles. The summed E-state index contributed by atoms with van der Waals surface area (Å²) in [6, 6.07) is 17.9. The Bertz CT molecular complexity index is 1070. The predicted octanol–water partition coefficient (Wildman–Crippen LogP) is 6.61. The van der Waals surface area contributed by atoms with Crippen LogP contribution in [-0.4, -0.2) is 24.6 Å². The highest BCUT2D eigenvalue weighted by Gasteiger charge is 2.13. The maximum atomic E-state index is 10.7. The molecule has 0 fully saturated rings. The number of anilines is 1. The summed E-state index contributed by atoms with van der Waals surface area (Å²) in [4.78, 5) is 10.3. The predicted molar refractivity (Wildman–Crippen MR) is 142 cm³/mol. The molecule has 34 heavy (non-hydrogen) atoms. The second-order valence-electron chi connectivity index (χ2n) is 7.16. The third kappa shape index (κ3) is 8.36. The molecule has 0 unspecified atom stereocenters. The Kier molecular flexibility index (Phi) is 11.4. The van der Waals surface area contributed by atoms with Gasteiger partial charge in [-0.1, -0.05) is 23.7 Å². The van der Waals surface area contributed by atoms with Gasteiger partial charge in [-0.25, -0.2) is 0 Å². The molecule has 3 aromatic carbocycles. The zero-order chi connectivity index (χ0) is 23.6. The van der Waals surface area contributed by atoms with Crippen LogP contribution in [0.15, 0.2) is 65.1 Å². The number of nitro benzene ring substituents is 1. The van der Waals surface area contributed by atoms with Crippen LogP contribution in [0.1, 0.15) is 18.1 Å². The quantitative estimate of drug-likeness (QED) is 0.145. The Balaban J connectivity index is 0.00000408. The number of halogens is 3. The minimum Gasteiger partial charge on any atom is -0.490 e. The van der Waals surface area contributed by atoms with Crippen molar-refractivity contribution in [2.24, 2.45) is 0 Å². The number of nitro groups is 1. The van der Waals surface area contributed by atoms with Crippen LogP contribution in [-0.2, 0) is 13.2 Å². The number of non-ortho nitro benzene ring substituents is 1. The van der Waals surface area contributed by atoms with Crippen LogP contribution >= 0.6 is 39.9 Å². The van der Waals surface area contributed by atoms with E-state index < -0.39 is 4.92 Å². The van der Waals surface area contributed by atoms with Gasteiger partial charge in [-0.15, -0.1) is 12.4 Å². The van der Waals surface area contributed by atoms with E-state index in [-0.39, 0.29) is 18.1 Å². The van der Waals surface area contributed by atoms with Gasteiger partial charge in [0.2, 0.25) is 0 Å². The summed E-state index contributed by atoms with van der Waals surface area (Å²) in [7, 11) is 0. The number of hydrogen-bond acceptors (Lipinski definition) is 6. The molecule has 0 aliphatic rings. The lowest BCUT2D eigenvalue weighted by Gasteiger charge is -2.16. The molecule has 7 nitrogen and oxygen atoms in total. The van der Waals surface area contributed by atoms with Gasteiger partial charge >= 0.3 is 0 Å². The van der Waals surface area contributed by atoms with E-state index in [1.807, 2.05) is 43.3 Å². The molecule has 0 aliphatic carbocycles. The molecule has 0 radical (unpaired) electrons. The molecule has 2 N–H and O–H groups in total. The molecule has 0 spiro atoms. The summed E-state index contributed by atoms with van der Waals surface area (Å²) in [5, 5.41) is 18.0. The lowest BCUT2D eigenvalue weighted by Crippen LogP contribution is -2.21. The summed E-state index contributed by atoms with van der Waals surface area (Å²) < 4.78 is 12.7. The van der Waals surface area contributed by atoms with Gasteiger partial charge in [0.05, 0.1) is 16.0 Å². The van der Waals surface area contributed by atoms with Gasteiger partial charge < -0.3 is 20.1 Å². The van der Waals surface area contributed by atoms with E-state index in [0.29, 0.717) is 49.4 Å². The van der Waals surface area contributed by atoms with Crippen LogP contribution in [0.3, 0.4) is 0 Å². The Morgan fingerprint density at radius 3 is 2.35 bits per heavy atom. The van der Waals surface area contributed by atoms with Crippen molar-refractivity contribution < 1.29 is 14.4 Å². The minimum atomic E-state index is -0.409. The van der Waals surface area contributed by atoms with Gasteiger partial charge in [0.1, 0.15) is 6.61 Å². The van der Waals surface area contributed by atoms with Gasteiger partial charge in [0.25, 0.3) is 5.69 Å². The van der Waals surface area contributed by atoms with E-state index in [0.717, 1.165) is 21.3 Å². The number of nitrogens with one attached hydrogen (secondary N) is 2. The second kappa shape index (κ2) is 14.0. The molecule has 10 heteroatoms. The molecule has 3 aromatic rings. The van der Waals surface area contributed by atoms with Gasteiger partial charge in [-0.05, 0) is 70.4 Å². The highest BCUT2D eigenvalue weighted by Crippen LogP contribution is 2.37. The average molecular weight is 571 g/mol. The van der Waals surface area contributed by atoms with Crippen LogP contribution < -0.4 is 20.1 Å². The Morgan fingerprint density at radius 2 is 1.71 bits per heavy atom. The molecule has 0 amide bonds. The lowest BCUT2D eigenvalue weighted by molar-refractivity contribution is -0.384. The molecule has 182 valence electrons. The van der Waals surface area contributed by atoms with Crippen molar-refractivity contribution in [1.29, 1.82) is 0 Å². The summed E-state index contributed by atoms with van der Waals surface area (Å²) >= 11 is 9.55. The molecular weight excluding hydrogens is 545 g/mol. The van der Waals surface area contributed by atoms with E-state index in [4.69, 9.17) is 21.1 Å². The summed E-state index contributed by atoms with van der Waals surface area (Å²) in [5.41, 5.74) is 2.99. The fourth-order valence-corrected chi connectivity index (χ4v) is 3.82. The van der Waals surface area contributed by atoms with E-state index >= 15 is 0 Å².